The van der Waals surface area contributed by atoms with Crippen LogP contribution in [0.15, 0.2) is 53.4 Å². The lowest BCUT2D eigenvalue weighted by atomic mass is 10.1. The van der Waals surface area contributed by atoms with Crippen LogP contribution in [-0.4, -0.2) is 41.7 Å². The molecule has 0 aromatic heterocycles. The van der Waals surface area contributed by atoms with Crippen molar-refractivity contribution in [3.05, 3.63) is 59.7 Å². The first-order valence-corrected chi connectivity index (χ1v) is 12.0. The summed E-state index contributed by atoms with van der Waals surface area (Å²) in [6, 6.07) is 15.5. The topological polar surface area (TPSA) is 58.6 Å². The summed E-state index contributed by atoms with van der Waals surface area (Å²) in [6.07, 6.45) is 3.54. The van der Waals surface area contributed by atoms with Crippen molar-refractivity contribution in [3.63, 3.8) is 0 Å². The number of benzene rings is 2. The molecule has 1 N–H and O–H groups in total. The van der Waals surface area contributed by atoms with Crippen LogP contribution in [0.1, 0.15) is 43.7 Å². The number of hydrogen-bond donors (Lipinski definition) is 1. The molecule has 0 radical (unpaired) electrons. The van der Waals surface area contributed by atoms with Crippen molar-refractivity contribution in [3.8, 4) is 5.75 Å². The van der Waals surface area contributed by atoms with Crippen LogP contribution in [0.5, 0.6) is 5.75 Å². The van der Waals surface area contributed by atoms with Gasteiger partial charge in [-0.25, -0.2) is 0 Å². The highest BCUT2D eigenvalue weighted by Crippen LogP contribution is 2.24. The summed E-state index contributed by atoms with van der Waals surface area (Å²) in [5, 5.41) is 2.97. The fourth-order valence-electron chi connectivity index (χ4n) is 3.72. The Kier molecular flexibility index (Phi) is 8.83. The van der Waals surface area contributed by atoms with E-state index in [-0.39, 0.29) is 11.8 Å². The molecule has 5 nitrogen and oxygen atoms in total. The summed E-state index contributed by atoms with van der Waals surface area (Å²) in [5.74, 6) is 1.12. The number of ether oxygens (including phenoxy) is 1. The largest absolute Gasteiger partial charge is 0.493 e. The van der Waals surface area contributed by atoms with Gasteiger partial charge in [0.25, 0.3) is 0 Å². The van der Waals surface area contributed by atoms with Crippen molar-refractivity contribution < 1.29 is 14.3 Å². The van der Waals surface area contributed by atoms with Crippen molar-refractivity contribution in [2.24, 2.45) is 0 Å². The molecule has 2 aromatic carbocycles. The van der Waals surface area contributed by atoms with E-state index in [2.05, 4.69) is 18.3 Å². The summed E-state index contributed by atoms with van der Waals surface area (Å²) in [5.41, 5.74) is 2.05. The van der Waals surface area contributed by atoms with Gasteiger partial charge in [-0.05, 0) is 61.9 Å². The molecule has 1 saturated heterocycles. The average molecular weight is 441 g/mol. The second-order valence-corrected chi connectivity index (χ2v) is 8.92. The molecule has 0 bridgehead atoms. The summed E-state index contributed by atoms with van der Waals surface area (Å²) >= 11 is 1.51. The first kappa shape index (κ1) is 23.2. The highest BCUT2D eigenvalue weighted by Gasteiger charge is 2.30. The number of carbonyl (C=O) groups is 2. The van der Waals surface area contributed by atoms with Crippen molar-refractivity contribution in [1.82, 2.24) is 10.2 Å². The van der Waals surface area contributed by atoms with Crippen molar-refractivity contribution in [2.75, 3.05) is 18.9 Å². The number of hydrogen-bond acceptors (Lipinski definition) is 4. The number of rotatable bonds is 9. The van der Waals surface area contributed by atoms with Gasteiger partial charge < -0.3 is 15.0 Å². The maximum atomic E-state index is 13.3. The fourth-order valence-corrected chi connectivity index (χ4v) is 4.52. The smallest absolute Gasteiger partial charge is 0.242 e. The van der Waals surface area contributed by atoms with Gasteiger partial charge in [-0.1, -0.05) is 37.3 Å². The van der Waals surface area contributed by atoms with E-state index in [9.17, 15) is 9.59 Å². The summed E-state index contributed by atoms with van der Waals surface area (Å²) in [6.45, 7) is 5.88. The molecule has 0 saturated carbocycles. The van der Waals surface area contributed by atoms with Gasteiger partial charge in [-0.2, -0.15) is 0 Å². The van der Waals surface area contributed by atoms with Gasteiger partial charge in [0, 0.05) is 18.0 Å². The maximum absolute atomic E-state index is 13.3. The number of carbonyl (C=O) groups excluding carboxylic acids is 2. The normalized spacial score (nSPS) is 16.3. The zero-order valence-electron chi connectivity index (χ0n) is 18.4. The van der Waals surface area contributed by atoms with Gasteiger partial charge in [0.1, 0.15) is 11.8 Å². The molecule has 31 heavy (non-hydrogen) atoms. The highest BCUT2D eigenvalue weighted by molar-refractivity contribution is 8.00. The Morgan fingerprint density at radius 2 is 2.00 bits per heavy atom. The number of amides is 2. The molecule has 1 heterocycles. The van der Waals surface area contributed by atoms with Gasteiger partial charge >= 0.3 is 0 Å². The molecule has 166 valence electrons. The van der Waals surface area contributed by atoms with E-state index in [1.165, 1.54) is 11.8 Å². The van der Waals surface area contributed by atoms with Crippen LogP contribution >= 0.6 is 11.8 Å². The summed E-state index contributed by atoms with van der Waals surface area (Å²) in [7, 11) is 0. The van der Waals surface area contributed by atoms with Crippen LogP contribution in [0.4, 0.5) is 0 Å². The molecular weight excluding hydrogens is 408 g/mol. The molecule has 1 aliphatic rings. The van der Waals surface area contributed by atoms with Gasteiger partial charge in [-0.15, -0.1) is 11.8 Å². The third kappa shape index (κ3) is 6.76. The van der Waals surface area contributed by atoms with Crippen LogP contribution in [0.2, 0.25) is 0 Å². The first-order chi connectivity index (χ1) is 15.1. The molecule has 3 rings (SSSR count). The monoisotopic (exact) mass is 440 g/mol. The van der Waals surface area contributed by atoms with Crippen LogP contribution in [0, 0.1) is 6.92 Å². The molecule has 1 unspecified atom stereocenters. The molecule has 6 heteroatoms. The Morgan fingerprint density at radius 1 is 1.19 bits per heavy atom. The van der Waals surface area contributed by atoms with E-state index in [0.717, 1.165) is 41.0 Å². The zero-order chi connectivity index (χ0) is 22.1. The fraction of sp³-hybridized carbons (Fsp3) is 0.440. The number of thioether (sulfide) groups is 1. The lowest BCUT2D eigenvalue weighted by Crippen LogP contribution is -2.48. The van der Waals surface area contributed by atoms with Crippen LogP contribution < -0.4 is 10.1 Å². The number of nitrogens with zero attached hydrogens (tertiary/aromatic N) is 1. The van der Waals surface area contributed by atoms with Crippen LogP contribution in [-0.2, 0) is 16.1 Å². The minimum absolute atomic E-state index is 0.0140. The molecule has 2 aromatic rings. The Labute approximate surface area is 189 Å². The molecule has 1 fully saturated rings. The minimum Gasteiger partial charge on any atom is -0.493 e. The quantitative estimate of drug-likeness (QED) is 0.580. The first-order valence-electron chi connectivity index (χ1n) is 11.1. The molecule has 0 aliphatic carbocycles. The minimum atomic E-state index is -0.428. The van der Waals surface area contributed by atoms with Gasteiger partial charge in [0.2, 0.25) is 11.8 Å². The van der Waals surface area contributed by atoms with E-state index in [0.29, 0.717) is 31.9 Å². The van der Waals surface area contributed by atoms with E-state index in [1.54, 1.807) is 4.90 Å². The second-order valence-electron chi connectivity index (χ2n) is 7.87. The maximum Gasteiger partial charge on any atom is 0.242 e. The lowest BCUT2D eigenvalue weighted by Gasteiger charge is -2.30. The predicted octanol–water partition coefficient (Wildman–Crippen LogP) is 4.57. The van der Waals surface area contributed by atoms with Gasteiger partial charge in [-0.3, -0.25) is 9.59 Å². The second kappa shape index (κ2) is 11.8. The highest BCUT2D eigenvalue weighted by atomic mass is 32.2. The summed E-state index contributed by atoms with van der Waals surface area (Å²) < 4.78 is 5.78. The van der Waals surface area contributed by atoms with Crippen molar-refractivity contribution >= 4 is 23.6 Å². The Morgan fingerprint density at radius 3 is 2.74 bits per heavy atom. The van der Waals surface area contributed by atoms with Gasteiger partial charge in [0.05, 0.1) is 12.4 Å². The summed E-state index contributed by atoms with van der Waals surface area (Å²) in [4.78, 5) is 28.8. The Balaban J connectivity index is 1.77. The molecule has 1 atom stereocenters. The number of aryl methyl sites for hydroxylation is 1. The van der Waals surface area contributed by atoms with E-state index < -0.39 is 6.04 Å². The Bertz CT molecular complexity index is 872. The lowest BCUT2D eigenvalue weighted by molar-refractivity contribution is -0.139. The molecule has 2 amide bonds. The van der Waals surface area contributed by atoms with Crippen molar-refractivity contribution in [1.29, 1.82) is 0 Å². The van der Waals surface area contributed by atoms with Crippen LogP contribution in [0.25, 0.3) is 0 Å². The standard InChI is InChI=1S/C25H32N2O3S/c1-3-15-30-23-13-12-20(16-19(23)2)17-27(22-11-7-8-14-26-25(22)29)24(28)18-31-21-9-5-4-6-10-21/h4-6,9-10,12-13,16,22H,3,7-8,11,14-15,17-18H2,1-2H3,(H,26,29). The van der Waals surface area contributed by atoms with E-state index in [4.69, 9.17) is 4.74 Å². The molecular formula is C25H32N2O3S. The van der Waals surface area contributed by atoms with Crippen LogP contribution in [0.3, 0.4) is 0 Å². The SMILES string of the molecule is CCCOc1ccc(CN(C(=O)CSc2ccccc2)C2CCCCNC2=O)cc1C. The third-order valence-corrected chi connectivity index (χ3v) is 6.36. The van der Waals surface area contributed by atoms with Crippen molar-refractivity contribution in [2.45, 2.75) is 57.0 Å². The molecule has 1 aliphatic heterocycles. The van der Waals surface area contributed by atoms with Gasteiger partial charge in [0.15, 0.2) is 0 Å². The Hall–Kier alpha value is -2.47. The zero-order valence-corrected chi connectivity index (χ0v) is 19.2. The predicted molar refractivity (Wildman–Crippen MR) is 125 cm³/mol. The number of nitrogens with one attached hydrogen (secondary N) is 1. The average Bonchev–Trinajstić information content (AvgIpc) is 3.00. The molecule has 0 spiro atoms. The third-order valence-electron chi connectivity index (χ3n) is 5.36. The van der Waals surface area contributed by atoms with E-state index >= 15 is 0 Å². The van der Waals surface area contributed by atoms with E-state index in [1.807, 2.05) is 49.4 Å².